The van der Waals surface area contributed by atoms with Gasteiger partial charge in [0.1, 0.15) is 6.54 Å². The molecule has 0 amide bonds. The fourth-order valence-electron chi connectivity index (χ4n) is 0.912. The Morgan fingerprint density at radius 2 is 2.00 bits per heavy atom. The van der Waals surface area contributed by atoms with E-state index in [9.17, 15) is 0 Å². The second-order valence-electron chi connectivity index (χ2n) is 3.38. The molecule has 1 heteroatoms. The Morgan fingerprint density at radius 1 is 1.40 bits per heavy atom. The molecule has 0 aliphatic carbocycles. The highest BCUT2D eigenvalue weighted by Crippen LogP contribution is 1.99. The second-order valence-corrected chi connectivity index (χ2v) is 3.38. The molecule has 0 N–H and O–H groups in total. The van der Waals surface area contributed by atoms with E-state index in [1.165, 1.54) is 19.4 Å². The number of terminal acetylenes is 1. The van der Waals surface area contributed by atoms with Crippen molar-refractivity contribution in [3.63, 3.8) is 0 Å². The van der Waals surface area contributed by atoms with Crippen molar-refractivity contribution in [2.75, 3.05) is 27.2 Å². The maximum absolute atomic E-state index is 5.22. The number of rotatable bonds is 4. The van der Waals surface area contributed by atoms with E-state index < -0.39 is 0 Å². The molecule has 0 bridgehead atoms. The molecule has 1 nitrogen and oxygen atoms in total. The van der Waals surface area contributed by atoms with Crippen molar-refractivity contribution >= 4 is 0 Å². The minimum Gasteiger partial charge on any atom is -0.318 e. The van der Waals surface area contributed by atoms with Gasteiger partial charge in [0.15, 0.2) is 0 Å². The summed E-state index contributed by atoms with van der Waals surface area (Å²) in [4.78, 5) is 0. The van der Waals surface area contributed by atoms with Crippen LogP contribution in [0.15, 0.2) is 0 Å². The molecule has 0 saturated carbocycles. The summed E-state index contributed by atoms with van der Waals surface area (Å²) < 4.78 is 0.963. The van der Waals surface area contributed by atoms with E-state index in [4.69, 9.17) is 6.42 Å². The minimum absolute atomic E-state index is 0.847. The third-order valence-electron chi connectivity index (χ3n) is 1.64. The van der Waals surface area contributed by atoms with Gasteiger partial charge in [-0.15, -0.1) is 6.42 Å². The molecular formula is C9H18N+. The van der Waals surface area contributed by atoms with Crippen molar-refractivity contribution in [3.05, 3.63) is 0 Å². The highest BCUT2D eigenvalue weighted by Gasteiger charge is 2.10. The first-order valence-electron chi connectivity index (χ1n) is 3.88. The van der Waals surface area contributed by atoms with Crippen LogP contribution in [-0.4, -0.2) is 31.7 Å². The van der Waals surface area contributed by atoms with Gasteiger partial charge in [0, 0.05) is 0 Å². The summed E-state index contributed by atoms with van der Waals surface area (Å²) in [6.45, 7) is 4.25. The molecule has 0 radical (unpaired) electrons. The van der Waals surface area contributed by atoms with Crippen LogP contribution in [0.5, 0.6) is 0 Å². The largest absolute Gasteiger partial charge is 0.318 e. The average molecular weight is 140 g/mol. The van der Waals surface area contributed by atoms with Gasteiger partial charge in [-0.25, -0.2) is 0 Å². The van der Waals surface area contributed by atoms with E-state index in [0.717, 1.165) is 11.0 Å². The standard InChI is InChI=1S/C9H18N/c1-5-7-9-10(3,4)8-6-2/h2H,5,7-9H2,1,3-4H3/q+1. The van der Waals surface area contributed by atoms with Gasteiger partial charge in [-0.2, -0.15) is 0 Å². The Kier molecular flexibility index (Phi) is 4.14. The molecule has 0 spiro atoms. The van der Waals surface area contributed by atoms with Gasteiger partial charge in [-0.1, -0.05) is 13.3 Å². The molecule has 0 aliphatic heterocycles. The van der Waals surface area contributed by atoms with Crippen molar-refractivity contribution in [1.29, 1.82) is 0 Å². The van der Waals surface area contributed by atoms with Gasteiger partial charge in [0.05, 0.1) is 20.6 Å². The maximum Gasteiger partial charge on any atom is 0.140 e. The predicted molar refractivity (Wildman–Crippen MR) is 45.6 cm³/mol. The van der Waals surface area contributed by atoms with E-state index in [0.29, 0.717) is 0 Å². The lowest BCUT2D eigenvalue weighted by Crippen LogP contribution is -2.40. The summed E-state index contributed by atoms with van der Waals surface area (Å²) in [6.07, 6.45) is 7.75. The third-order valence-corrected chi connectivity index (χ3v) is 1.64. The maximum atomic E-state index is 5.22. The van der Waals surface area contributed by atoms with Crippen LogP contribution in [0.1, 0.15) is 19.8 Å². The number of quaternary nitrogens is 1. The molecule has 0 rings (SSSR count). The zero-order valence-corrected chi connectivity index (χ0v) is 7.35. The topological polar surface area (TPSA) is 0 Å². The number of hydrogen-bond acceptors (Lipinski definition) is 0. The monoisotopic (exact) mass is 140 g/mol. The summed E-state index contributed by atoms with van der Waals surface area (Å²) in [6, 6.07) is 0. The summed E-state index contributed by atoms with van der Waals surface area (Å²) in [7, 11) is 4.35. The van der Waals surface area contributed by atoms with E-state index in [2.05, 4.69) is 26.9 Å². The van der Waals surface area contributed by atoms with Gasteiger partial charge in [0.2, 0.25) is 0 Å². The van der Waals surface area contributed by atoms with E-state index in [1.54, 1.807) is 0 Å². The summed E-state index contributed by atoms with van der Waals surface area (Å²) in [5.74, 6) is 2.69. The van der Waals surface area contributed by atoms with Crippen molar-refractivity contribution in [3.8, 4) is 12.3 Å². The lowest BCUT2D eigenvalue weighted by molar-refractivity contribution is -0.883. The average Bonchev–Trinajstić information content (AvgIpc) is 1.84. The van der Waals surface area contributed by atoms with E-state index in [1.807, 2.05) is 0 Å². The van der Waals surface area contributed by atoms with E-state index in [-0.39, 0.29) is 0 Å². The van der Waals surface area contributed by atoms with Crippen LogP contribution in [0.2, 0.25) is 0 Å². The zero-order valence-electron chi connectivity index (χ0n) is 7.35. The lowest BCUT2D eigenvalue weighted by atomic mass is 10.3. The molecule has 0 unspecified atom stereocenters. The molecular weight excluding hydrogens is 122 g/mol. The SMILES string of the molecule is C#CC[N+](C)(C)CCCC. The van der Waals surface area contributed by atoms with Gasteiger partial charge in [0.25, 0.3) is 0 Å². The molecule has 0 heterocycles. The molecule has 0 aromatic heterocycles. The Morgan fingerprint density at radius 3 is 2.40 bits per heavy atom. The van der Waals surface area contributed by atoms with Crippen LogP contribution in [-0.2, 0) is 0 Å². The summed E-state index contributed by atoms with van der Waals surface area (Å²) in [5, 5.41) is 0. The normalized spacial score (nSPS) is 11.0. The molecule has 0 aliphatic rings. The summed E-state index contributed by atoms with van der Waals surface area (Å²) >= 11 is 0. The van der Waals surface area contributed by atoms with Gasteiger partial charge in [-0.3, -0.25) is 0 Å². The smallest absolute Gasteiger partial charge is 0.140 e. The van der Waals surface area contributed by atoms with Crippen LogP contribution < -0.4 is 0 Å². The molecule has 0 atom stereocenters. The van der Waals surface area contributed by atoms with Crippen LogP contribution in [0.25, 0.3) is 0 Å². The lowest BCUT2D eigenvalue weighted by Gasteiger charge is -2.26. The Bertz CT molecular complexity index is 119. The van der Waals surface area contributed by atoms with Crippen LogP contribution >= 0.6 is 0 Å². The van der Waals surface area contributed by atoms with Crippen molar-refractivity contribution < 1.29 is 4.48 Å². The van der Waals surface area contributed by atoms with Crippen LogP contribution in [0.3, 0.4) is 0 Å². The number of nitrogens with zero attached hydrogens (tertiary/aromatic N) is 1. The fraction of sp³-hybridized carbons (Fsp3) is 0.778. The highest BCUT2D eigenvalue weighted by molar-refractivity contribution is 4.82. The quantitative estimate of drug-likeness (QED) is 0.410. The van der Waals surface area contributed by atoms with Crippen molar-refractivity contribution in [2.45, 2.75) is 19.8 Å². The van der Waals surface area contributed by atoms with Gasteiger partial charge < -0.3 is 4.48 Å². The minimum atomic E-state index is 0.847. The highest BCUT2D eigenvalue weighted by atomic mass is 15.3. The number of unbranched alkanes of at least 4 members (excludes halogenated alkanes) is 1. The van der Waals surface area contributed by atoms with Crippen LogP contribution in [0.4, 0.5) is 0 Å². The van der Waals surface area contributed by atoms with Crippen molar-refractivity contribution in [2.24, 2.45) is 0 Å². The molecule has 0 saturated heterocycles. The Hall–Kier alpha value is -0.480. The van der Waals surface area contributed by atoms with Gasteiger partial charge in [-0.05, 0) is 12.3 Å². The number of hydrogen-bond donors (Lipinski definition) is 0. The fourth-order valence-corrected chi connectivity index (χ4v) is 0.912. The molecule has 10 heavy (non-hydrogen) atoms. The van der Waals surface area contributed by atoms with Crippen LogP contribution in [0, 0.1) is 12.3 Å². The molecule has 0 aromatic rings. The van der Waals surface area contributed by atoms with Gasteiger partial charge >= 0.3 is 0 Å². The molecule has 58 valence electrons. The second kappa shape index (κ2) is 4.35. The molecule has 0 aromatic carbocycles. The Labute approximate surface area is 64.6 Å². The zero-order chi connectivity index (χ0) is 8.04. The third kappa shape index (κ3) is 4.40. The Balaban J connectivity index is 3.55. The predicted octanol–water partition coefficient (Wildman–Crippen LogP) is 1.50. The van der Waals surface area contributed by atoms with E-state index >= 15 is 0 Å². The first-order valence-corrected chi connectivity index (χ1v) is 3.88. The first-order chi connectivity index (χ1) is 4.62. The molecule has 0 fully saturated rings. The van der Waals surface area contributed by atoms with Crippen molar-refractivity contribution in [1.82, 2.24) is 0 Å². The first kappa shape index (κ1) is 9.52. The summed E-state index contributed by atoms with van der Waals surface area (Å²) in [5.41, 5.74) is 0.